The molecule has 0 aliphatic heterocycles. The molecule has 0 aliphatic rings. The molecule has 136 valence electrons. The first-order valence-electron chi connectivity index (χ1n) is 8.51. The lowest BCUT2D eigenvalue weighted by atomic mass is 10.3. The van der Waals surface area contributed by atoms with Crippen LogP contribution in [0.1, 0.15) is 6.92 Å². The third-order valence-corrected chi connectivity index (χ3v) is 6.49. The van der Waals surface area contributed by atoms with Gasteiger partial charge in [-0.15, -0.1) is 0 Å². The Morgan fingerprint density at radius 1 is 0.875 bits per heavy atom. The van der Waals surface area contributed by atoms with Gasteiger partial charge < -0.3 is 18.9 Å². The Morgan fingerprint density at radius 2 is 1.46 bits per heavy atom. The Morgan fingerprint density at radius 3 is 2.00 bits per heavy atom. The first-order valence-corrected chi connectivity index (χ1v) is 13.5. The minimum absolute atomic E-state index is 0.0455. The normalized spacial score (nSPS) is 12.8. The molecule has 1 aromatic carbocycles. The van der Waals surface area contributed by atoms with Crippen LogP contribution in [-0.2, 0) is 14.2 Å². The van der Waals surface area contributed by atoms with E-state index in [2.05, 4.69) is 44.4 Å². The number of rotatable bonds is 12. The fraction of sp³-hybridized carbons (Fsp3) is 0.667. The molecule has 4 nitrogen and oxygen atoms in total. The third-order valence-electron chi connectivity index (χ3n) is 3.61. The van der Waals surface area contributed by atoms with E-state index in [4.69, 9.17) is 18.9 Å². The molecule has 0 amide bonds. The summed E-state index contributed by atoms with van der Waals surface area (Å²) in [6, 6.07) is 6.76. The van der Waals surface area contributed by atoms with Gasteiger partial charge in [-0.2, -0.15) is 0 Å². The largest absolute Gasteiger partial charge is 0.491 e. The van der Waals surface area contributed by atoms with Gasteiger partial charge in [0.1, 0.15) is 12.4 Å². The zero-order valence-electron chi connectivity index (χ0n) is 16.0. The van der Waals surface area contributed by atoms with Crippen molar-refractivity contribution in [1.82, 2.24) is 0 Å². The number of benzene rings is 1. The molecule has 1 atom stereocenters. The van der Waals surface area contributed by atoms with Gasteiger partial charge in [0.15, 0.2) is 0 Å². The summed E-state index contributed by atoms with van der Waals surface area (Å²) in [6.07, 6.45) is 0.0455. The van der Waals surface area contributed by atoms with Crippen LogP contribution < -0.4 is 15.1 Å². The molecule has 0 fully saturated rings. The fourth-order valence-corrected chi connectivity index (χ4v) is 3.97. The van der Waals surface area contributed by atoms with Crippen LogP contribution in [0.4, 0.5) is 0 Å². The van der Waals surface area contributed by atoms with Crippen LogP contribution >= 0.6 is 0 Å². The van der Waals surface area contributed by atoms with Gasteiger partial charge >= 0.3 is 0 Å². The average molecular weight is 369 g/mol. The summed E-state index contributed by atoms with van der Waals surface area (Å²) in [5, 5.41) is 2.89. The van der Waals surface area contributed by atoms with Crippen LogP contribution in [0.5, 0.6) is 5.75 Å². The zero-order chi connectivity index (χ0) is 17.9. The van der Waals surface area contributed by atoms with Gasteiger partial charge in [0.25, 0.3) is 0 Å². The van der Waals surface area contributed by atoms with Crippen molar-refractivity contribution in [2.45, 2.75) is 39.2 Å². The molecular formula is C18H32O4Si2. The highest BCUT2D eigenvalue weighted by atomic mass is 28.3. The maximum atomic E-state index is 5.99. The topological polar surface area (TPSA) is 36.9 Å². The van der Waals surface area contributed by atoms with Gasteiger partial charge in [0, 0.05) is 7.11 Å². The van der Waals surface area contributed by atoms with E-state index in [-0.39, 0.29) is 6.10 Å². The van der Waals surface area contributed by atoms with Gasteiger partial charge in [-0.3, -0.25) is 0 Å². The Hall–Kier alpha value is -0.666. The van der Waals surface area contributed by atoms with E-state index >= 15 is 0 Å². The van der Waals surface area contributed by atoms with Crippen LogP contribution in [0.25, 0.3) is 0 Å². The van der Waals surface area contributed by atoms with Crippen molar-refractivity contribution in [3.05, 3.63) is 18.2 Å². The van der Waals surface area contributed by atoms with Gasteiger partial charge in [-0.05, 0) is 19.1 Å². The van der Waals surface area contributed by atoms with Crippen LogP contribution in [0, 0.1) is 0 Å². The molecule has 0 saturated carbocycles. The number of ether oxygens (including phenoxy) is 4. The number of methoxy groups -OCH3 is 1. The van der Waals surface area contributed by atoms with Crippen molar-refractivity contribution >= 4 is 28.0 Å². The highest BCUT2D eigenvalue weighted by Crippen LogP contribution is 2.09. The summed E-state index contributed by atoms with van der Waals surface area (Å²) in [5.74, 6) is 0.978. The van der Waals surface area contributed by atoms with E-state index in [9.17, 15) is 0 Å². The SMILES string of the molecule is COCCOCCO[C@@H](C)COc1cc([Si](C)C)cc([Si](C)C)c1. The lowest BCUT2D eigenvalue weighted by Gasteiger charge is -2.17. The van der Waals surface area contributed by atoms with E-state index in [1.54, 1.807) is 7.11 Å². The quantitative estimate of drug-likeness (QED) is 0.418. The predicted octanol–water partition coefficient (Wildman–Crippen LogP) is 2.06. The van der Waals surface area contributed by atoms with Crippen molar-refractivity contribution in [3.8, 4) is 5.75 Å². The molecule has 1 rings (SSSR count). The van der Waals surface area contributed by atoms with E-state index < -0.39 is 17.6 Å². The summed E-state index contributed by atoms with van der Waals surface area (Å²) in [5.41, 5.74) is 0. The minimum Gasteiger partial charge on any atom is -0.491 e. The van der Waals surface area contributed by atoms with Crippen molar-refractivity contribution in [2.75, 3.05) is 40.1 Å². The second-order valence-electron chi connectivity index (χ2n) is 6.34. The smallest absolute Gasteiger partial charge is 0.119 e. The predicted molar refractivity (Wildman–Crippen MR) is 104 cm³/mol. The molecule has 24 heavy (non-hydrogen) atoms. The molecule has 0 saturated heterocycles. The first-order chi connectivity index (χ1) is 11.4. The van der Waals surface area contributed by atoms with Crippen LogP contribution in [-0.4, -0.2) is 63.8 Å². The molecule has 1 aromatic rings. The van der Waals surface area contributed by atoms with Crippen molar-refractivity contribution in [2.24, 2.45) is 0 Å². The van der Waals surface area contributed by atoms with Crippen LogP contribution in [0.2, 0.25) is 26.2 Å². The molecule has 0 aliphatic carbocycles. The highest BCUT2D eigenvalue weighted by Gasteiger charge is 2.11. The lowest BCUT2D eigenvalue weighted by Crippen LogP contribution is -2.32. The van der Waals surface area contributed by atoms with Crippen molar-refractivity contribution in [1.29, 1.82) is 0 Å². The molecule has 0 bridgehead atoms. The maximum absolute atomic E-state index is 5.99. The van der Waals surface area contributed by atoms with Gasteiger partial charge in [-0.25, -0.2) is 0 Å². The summed E-state index contributed by atoms with van der Waals surface area (Å²) < 4.78 is 22.0. The average Bonchev–Trinajstić information content (AvgIpc) is 2.55. The number of hydrogen-bond acceptors (Lipinski definition) is 4. The molecule has 0 unspecified atom stereocenters. The van der Waals surface area contributed by atoms with Crippen LogP contribution in [0.15, 0.2) is 18.2 Å². The summed E-state index contributed by atoms with van der Waals surface area (Å²) >= 11 is 0. The van der Waals surface area contributed by atoms with Gasteiger partial charge in [0.05, 0.1) is 50.1 Å². The second-order valence-corrected chi connectivity index (χ2v) is 11.5. The van der Waals surface area contributed by atoms with Crippen molar-refractivity contribution in [3.63, 3.8) is 0 Å². The minimum atomic E-state index is -0.474. The Labute approximate surface area is 150 Å². The summed E-state index contributed by atoms with van der Waals surface area (Å²) in [6.45, 7) is 14.3. The summed E-state index contributed by atoms with van der Waals surface area (Å²) in [7, 11) is 0.721. The highest BCUT2D eigenvalue weighted by molar-refractivity contribution is 6.74. The molecular weight excluding hydrogens is 336 g/mol. The molecule has 0 spiro atoms. The molecule has 6 heteroatoms. The number of hydrogen-bond donors (Lipinski definition) is 0. The Balaban J connectivity index is 2.42. The zero-order valence-corrected chi connectivity index (χ0v) is 18.0. The molecule has 0 N–H and O–H groups in total. The molecule has 0 aromatic heterocycles. The fourth-order valence-electron chi connectivity index (χ4n) is 2.07. The second kappa shape index (κ2) is 11.8. The third kappa shape index (κ3) is 8.44. The first kappa shape index (κ1) is 21.4. The van der Waals surface area contributed by atoms with Gasteiger partial charge in [0.2, 0.25) is 0 Å². The van der Waals surface area contributed by atoms with E-state index in [0.717, 1.165) is 5.75 Å². The van der Waals surface area contributed by atoms with E-state index in [0.29, 0.717) is 33.0 Å². The lowest BCUT2D eigenvalue weighted by molar-refractivity contribution is -0.0144. The van der Waals surface area contributed by atoms with Gasteiger partial charge in [-0.1, -0.05) is 42.6 Å². The Kier molecular flexibility index (Phi) is 10.5. The standard InChI is InChI=1S/C18H32O4Si2/c1-15(21-10-9-20-8-7-19-2)14-22-16-11-17(23(3)4)13-18(12-16)24(5)6/h11-13,15H,7-10,14H2,1-6H3/t15-/m0/s1. The van der Waals surface area contributed by atoms with E-state index in [1.165, 1.54) is 10.4 Å². The van der Waals surface area contributed by atoms with E-state index in [1.807, 2.05) is 6.92 Å². The molecule has 0 heterocycles. The Bertz CT molecular complexity index is 440. The summed E-state index contributed by atoms with van der Waals surface area (Å²) in [4.78, 5) is 0. The molecule has 2 radical (unpaired) electrons. The van der Waals surface area contributed by atoms with Crippen LogP contribution in [0.3, 0.4) is 0 Å². The van der Waals surface area contributed by atoms with Crippen molar-refractivity contribution < 1.29 is 18.9 Å². The monoisotopic (exact) mass is 368 g/mol. The maximum Gasteiger partial charge on any atom is 0.119 e.